The van der Waals surface area contributed by atoms with Gasteiger partial charge in [-0.1, -0.05) is 0 Å². The van der Waals surface area contributed by atoms with Crippen LogP contribution in [0.25, 0.3) is 11.3 Å². The first-order valence-electron chi connectivity index (χ1n) is 6.45. The van der Waals surface area contributed by atoms with E-state index in [2.05, 4.69) is 41.6 Å². The molecule has 0 radical (unpaired) electrons. The van der Waals surface area contributed by atoms with Crippen LogP contribution in [0.2, 0.25) is 0 Å². The third-order valence-electron chi connectivity index (χ3n) is 3.35. The van der Waals surface area contributed by atoms with Gasteiger partial charge in [0.2, 0.25) is 0 Å². The Morgan fingerprint density at radius 3 is 2.83 bits per heavy atom. The molecule has 4 nitrogen and oxygen atoms in total. The lowest BCUT2D eigenvalue weighted by molar-refractivity contribution is 0.634. The largest absolute Gasteiger partial charge is 0.359 e. The highest BCUT2D eigenvalue weighted by Gasteiger charge is 2.22. The van der Waals surface area contributed by atoms with Gasteiger partial charge in [-0.2, -0.15) is 5.10 Å². The summed E-state index contributed by atoms with van der Waals surface area (Å²) in [5, 5.41) is 11.2. The van der Waals surface area contributed by atoms with Crippen molar-refractivity contribution in [2.24, 2.45) is 0 Å². The zero-order chi connectivity index (χ0) is 12.7. The van der Waals surface area contributed by atoms with Crippen molar-refractivity contribution in [1.82, 2.24) is 14.8 Å². The molecule has 3 rings (SSSR count). The molecule has 0 aromatic carbocycles. The summed E-state index contributed by atoms with van der Waals surface area (Å²) in [6, 6.07) is 0.657. The van der Waals surface area contributed by atoms with Gasteiger partial charge in [-0.3, -0.25) is 4.68 Å². The molecular weight excluding hydrogens is 244 g/mol. The van der Waals surface area contributed by atoms with Crippen LogP contribution in [0, 0.1) is 13.8 Å². The van der Waals surface area contributed by atoms with Crippen molar-refractivity contribution >= 4 is 16.5 Å². The lowest BCUT2D eigenvalue weighted by atomic mass is 10.1. The average molecular weight is 262 g/mol. The van der Waals surface area contributed by atoms with E-state index in [0.29, 0.717) is 6.04 Å². The molecule has 18 heavy (non-hydrogen) atoms. The van der Waals surface area contributed by atoms with Crippen molar-refractivity contribution in [3.8, 4) is 11.3 Å². The molecule has 1 N–H and O–H groups in total. The maximum Gasteiger partial charge on any atom is 0.183 e. The summed E-state index contributed by atoms with van der Waals surface area (Å²) in [6.07, 6.45) is 2.56. The molecule has 0 bridgehead atoms. The Morgan fingerprint density at radius 2 is 2.22 bits per heavy atom. The number of nitrogens with zero attached hydrogens (tertiary/aromatic N) is 3. The first-order chi connectivity index (χ1) is 8.69. The predicted octanol–water partition coefficient (Wildman–Crippen LogP) is 3.22. The van der Waals surface area contributed by atoms with E-state index in [1.807, 2.05) is 4.68 Å². The monoisotopic (exact) mass is 262 g/mol. The van der Waals surface area contributed by atoms with Crippen LogP contribution in [0.5, 0.6) is 0 Å². The molecule has 0 amide bonds. The molecule has 2 aromatic heterocycles. The Kier molecular flexibility index (Phi) is 2.86. The number of nitrogens with one attached hydrogen (secondary N) is 1. The van der Waals surface area contributed by atoms with Crippen LogP contribution in [-0.4, -0.2) is 20.8 Å². The van der Waals surface area contributed by atoms with Gasteiger partial charge in [0.05, 0.1) is 11.4 Å². The Labute approximate surface area is 111 Å². The molecule has 0 spiro atoms. The summed E-state index contributed by atoms with van der Waals surface area (Å²) in [5.74, 6) is 0. The lowest BCUT2D eigenvalue weighted by Gasteiger charge is -2.00. The number of hydrogen-bond donors (Lipinski definition) is 1. The molecule has 2 heterocycles. The minimum Gasteiger partial charge on any atom is -0.359 e. The van der Waals surface area contributed by atoms with Crippen molar-refractivity contribution in [2.45, 2.75) is 46.2 Å². The molecule has 1 aliphatic rings. The zero-order valence-corrected chi connectivity index (χ0v) is 11.8. The molecule has 0 unspecified atom stereocenters. The zero-order valence-electron chi connectivity index (χ0n) is 11.0. The second kappa shape index (κ2) is 4.39. The molecule has 0 saturated heterocycles. The SMILES string of the molecule is CCn1nc(C)c(-c2csc(NC3CC3)n2)c1C. The summed E-state index contributed by atoms with van der Waals surface area (Å²) < 4.78 is 2.04. The van der Waals surface area contributed by atoms with Gasteiger partial charge in [0, 0.05) is 29.2 Å². The molecule has 1 aliphatic carbocycles. The number of aryl methyl sites for hydroxylation is 2. The number of hydrogen-bond acceptors (Lipinski definition) is 4. The average Bonchev–Trinajstić information content (AvgIpc) is 2.96. The molecule has 1 fully saturated rings. The number of anilines is 1. The van der Waals surface area contributed by atoms with E-state index in [4.69, 9.17) is 0 Å². The van der Waals surface area contributed by atoms with Crippen LogP contribution in [0.3, 0.4) is 0 Å². The number of thiazole rings is 1. The number of rotatable bonds is 4. The highest BCUT2D eigenvalue weighted by molar-refractivity contribution is 7.14. The van der Waals surface area contributed by atoms with E-state index in [-0.39, 0.29) is 0 Å². The predicted molar refractivity (Wildman–Crippen MR) is 75.1 cm³/mol. The molecular formula is C13H18N4S. The second-order valence-electron chi connectivity index (χ2n) is 4.82. The van der Waals surface area contributed by atoms with Gasteiger partial charge in [-0.15, -0.1) is 11.3 Å². The third kappa shape index (κ3) is 2.03. The van der Waals surface area contributed by atoms with Gasteiger partial charge in [-0.05, 0) is 33.6 Å². The van der Waals surface area contributed by atoms with Gasteiger partial charge in [-0.25, -0.2) is 4.98 Å². The third-order valence-corrected chi connectivity index (χ3v) is 4.12. The maximum atomic E-state index is 4.68. The highest BCUT2D eigenvalue weighted by atomic mass is 32.1. The quantitative estimate of drug-likeness (QED) is 0.920. The molecule has 5 heteroatoms. The van der Waals surface area contributed by atoms with Gasteiger partial charge >= 0.3 is 0 Å². The fraction of sp³-hybridized carbons (Fsp3) is 0.538. The topological polar surface area (TPSA) is 42.7 Å². The highest BCUT2D eigenvalue weighted by Crippen LogP contribution is 2.32. The molecule has 2 aromatic rings. The minimum absolute atomic E-state index is 0.657. The fourth-order valence-corrected chi connectivity index (χ4v) is 3.01. The molecule has 96 valence electrons. The molecule has 0 aliphatic heterocycles. The van der Waals surface area contributed by atoms with Gasteiger partial charge in [0.15, 0.2) is 5.13 Å². The Morgan fingerprint density at radius 1 is 1.44 bits per heavy atom. The lowest BCUT2D eigenvalue weighted by Crippen LogP contribution is -2.00. The fourth-order valence-electron chi connectivity index (χ4n) is 2.23. The van der Waals surface area contributed by atoms with Gasteiger partial charge < -0.3 is 5.32 Å². The smallest absolute Gasteiger partial charge is 0.183 e. The van der Waals surface area contributed by atoms with E-state index >= 15 is 0 Å². The summed E-state index contributed by atoms with van der Waals surface area (Å²) >= 11 is 1.69. The second-order valence-corrected chi connectivity index (χ2v) is 5.68. The van der Waals surface area contributed by atoms with Gasteiger partial charge in [0.25, 0.3) is 0 Å². The normalized spacial score (nSPS) is 15.1. The Bertz CT molecular complexity index is 566. The van der Waals surface area contributed by atoms with Crippen LogP contribution in [0.4, 0.5) is 5.13 Å². The first kappa shape index (κ1) is 11.7. The van der Waals surface area contributed by atoms with Crippen LogP contribution in [0.15, 0.2) is 5.38 Å². The summed E-state index contributed by atoms with van der Waals surface area (Å²) in [7, 11) is 0. The Balaban J connectivity index is 1.93. The minimum atomic E-state index is 0.657. The standard InChI is InChI=1S/C13H18N4S/c1-4-17-9(3)12(8(2)16-17)11-7-18-13(15-11)14-10-5-6-10/h7,10H,4-6H2,1-3H3,(H,14,15). The maximum absolute atomic E-state index is 4.68. The van der Waals surface area contributed by atoms with Crippen LogP contribution in [0.1, 0.15) is 31.2 Å². The van der Waals surface area contributed by atoms with Crippen molar-refractivity contribution in [2.75, 3.05) is 5.32 Å². The Hall–Kier alpha value is -1.36. The number of aromatic nitrogens is 3. The van der Waals surface area contributed by atoms with Crippen molar-refractivity contribution in [3.63, 3.8) is 0 Å². The summed E-state index contributed by atoms with van der Waals surface area (Å²) in [4.78, 5) is 4.68. The van der Waals surface area contributed by atoms with Crippen molar-refractivity contribution in [3.05, 3.63) is 16.8 Å². The van der Waals surface area contributed by atoms with Crippen LogP contribution in [-0.2, 0) is 6.54 Å². The van der Waals surface area contributed by atoms with E-state index in [0.717, 1.165) is 23.1 Å². The van der Waals surface area contributed by atoms with Crippen molar-refractivity contribution < 1.29 is 0 Å². The summed E-state index contributed by atoms with van der Waals surface area (Å²) in [5.41, 5.74) is 4.52. The van der Waals surface area contributed by atoms with Crippen LogP contribution >= 0.6 is 11.3 Å². The molecule has 0 atom stereocenters. The first-order valence-corrected chi connectivity index (χ1v) is 7.33. The van der Waals surface area contributed by atoms with E-state index in [9.17, 15) is 0 Å². The molecule has 1 saturated carbocycles. The van der Waals surface area contributed by atoms with E-state index in [1.165, 1.54) is 24.1 Å². The van der Waals surface area contributed by atoms with E-state index < -0.39 is 0 Å². The van der Waals surface area contributed by atoms with Crippen molar-refractivity contribution in [1.29, 1.82) is 0 Å². The summed E-state index contributed by atoms with van der Waals surface area (Å²) in [6.45, 7) is 7.20. The van der Waals surface area contributed by atoms with E-state index in [1.54, 1.807) is 11.3 Å². The van der Waals surface area contributed by atoms with Gasteiger partial charge in [0.1, 0.15) is 0 Å². The van der Waals surface area contributed by atoms with Crippen LogP contribution < -0.4 is 5.32 Å².